The summed E-state index contributed by atoms with van der Waals surface area (Å²) in [6.45, 7) is 0.177. The number of benzene rings is 1. The number of anilines is 1. The summed E-state index contributed by atoms with van der Waals surface area (Å²) < 4.78 is 48.9. The van der Waals surface area contributed by atoms with Gasteiger partial charge in [-0.1, -0.05) is 12.1 Å². The number of nitrogen functional groups attached to an aromatic ring is 1. The maximum atomic E-state index is 11.9. The van der Waals surface area contributed by atoms with E-state index in [1.54, 1.807) is 24.3 Å². The first-order chi connectivity index (χ1) is 9.26. The van der Waals surface area contributed by atoms with Crippen LogP contribution in [0.1, 0.15) is 12.0 Å². The molecule has 1 aromatic rings. The summed E-state index contributed by atoms with van der Waals surface area (Å²) in [4.78, 5) is 0. The number of hydrogen-bond acceptors (Lipinski definition) is 5. The molecule has 0 aromatic heterocycles. The Labute approximate surface area is 119 Å². The van der Waals surface area contributed by atoms with Gasteiger partial charge in [0.2, 0.25) is 10.0 Å². The lowest BCUT2D eigenvalue weighted by molar-refractivity contribution is 0.542. The third kappa shape index (κ3) is 4.46. The number of rotatable bonds is 5. The van der Waals surface area contributed by atoms with E-state index in [1.165, 1.54) is 0 Å². The molecule has 1 aliphatic heterocycles. The van der Waals surface area contributed by atoms with E-state index in [0.717, 1.165) is 0 Å². The summed E-state index contributed by atoms with van der Waals surface area (Å²) in [5.74, 6) is -0.0391. The van der Waals surface area contributed by atoms with E-state index >= 15 is 0 Å². The van der Waals surface area contributed by atoms with E-state index in [4.69, 9.17) is 5.73 Å². The highest BCUT2D eigenvalue weighted by Gasteiger charge is 2.28. The zero-order valence-electron chi connectivity index (χ0n) is 10.9. The lowest BCUT2D eigenvalue weighted by Crippen LogP contribution is -2.30. The molecule has 20 heavy (non-hydrogen) atoms. The number of hydrogen-bond donors (Lipinski definition) is 2. The number of sulfonamides is 1. The Bertz CT molecular complexity index is 666. The third-order valence-corrected chi connectivity index (χ3v) is 6.41. The molecule has 1 unspecified atom stereocenters. The first-order valence-electron chi connectivity index (χ1n) is 6.28. The maximum absolute atomic E-state index is 11.9. The minimum atomic E-state index is -3.46. The van der Waals surface area contributed by atoms with Gasteiger partial charge in [-0.05, 0) is 30.0 Å². The van der Waals surface area contributed by atoms with Gasteiger partial charge in [0.1, 0.15) is 0 Å². The van der Waals surface area contributed by atoms with Gasteiger partial charge in [-0.3, -0.25) is 0 Å². The molecular weight excluding hydrogens is 300 g/mol. The number of nitrogens with two attached hydrogens (primary N) is 1. The molecule has 1 heterocycles. The molecule has 8 heteroatoms. The van der Waals surface area contributed by atoms with Crippen LogP contribution in [0.3, 0.4) is 0 Å². The van der Waals surface area contributed by atoms with Crippen molar-refractivity contribution in [2.45, 2.75) is 12.2 Å². The first-order valence-corrected chi connectivity index (χ1v) is 9.75. The summed E-state index contributed by atoms with van der Waals surface area (Å²) in [6.07, 6.45) is 0.521. The zero-order chi connectivity index (χ0) is 14.8. The molecule has 1 fully saturated rings. The second-order valence-electron chi connectivity index (χ2n) is 5.12. The van der Waals surface area contributed by atoms with Crippen LogP contribution in [0, 0.1) is 5.92 Å². The standard InChI is InChI=1S/C12H18N2O4S2/c13-12-3-1-10(2-4-12)9-20(17,18)14-7-11-5-6-19(15,16)8-11/h1-4,11,14H,5-9,13H2. The monoisotopic (exact) mass is 318 g/mol. The topological polar surface area (TPSA) is 106 Å². The lowest BCUT2D eigenvalue weighted by Gasteiger charge is -2.10. The summed E-state index contributed by atoms with van der Waals surface area (Å²) in [5.41, 5.74) is 6.76. The average Bonchev–Trinajstić information content (AvgIpc) is 2.70. The van der Waals surface area contributed by atoms with Gasteiger partial charge < -0.3 is 5.73 Å². The SMILES string of the molecule is Nc1ccc(CS(=O)(=O)NCC2CCS(=O)(=O)C2)cc1. The summed E-state index contributed by atoms with van der Waals surface area (Å²) in [6, 6.07) is 6.62. The van der Waals surface area contributed by atoms with Gasteiger partial charge in [-0.2, -0.15) is 0 Å². The van der Waals surface area contributed by atoms with E-state index < -0.39 is 19.9 Å². The van der Waals surface area contributed by atoms with Gasteiger partial charge in [0.15, 0.2) is 9.84 Å². The van der Waals surface area contributed by atoms with Crippen molar-refractivity contribution in [3.05, 3.63) is 29.8 Å². The molecule has 0 bridgehead atoms. The van der Waals surface area contributed by atoms with Crippen LogP contribution in [-0.2, 0) is 25.6 Å². The Morgan fingerprint density at radius 2 is 1.90 bits per heavy atom. The van der Waals surface area contributed by atoms with Gasteiger partial charge in [0, 0.05) is 12.2 Å². The molecule has 1 atom stereocenters. The first kappa shape index (κ1) is 15.3. The van der Waals surface area contributed by atoms with Crippen molar-refractivity contribution >= 4 is 25.5 Å². The van der Waals surface area contributed by atoms with Gasteiger partial charge in [0.25, 0.3) is 0 Å². The quantitative estimate of drug-likeness (QED) is 0.750. The molecule has 3 N–H and O–H groups in total. The zero-order valence-corrected chi connectivity index (χ0v) is 12.6. The fourth-order valence-electron chi connectivity index (χ4n) is 2.16. The van der Waals surface area contributed by atoms with Crippen LogP contribution in [-0.4, -0.2) is 34.9 Å². The molecule has 0 radical (unpaired) electrons. The van der Waals surface area contributed by atoms with Crippen LogP contribution < -0.4 is 10.5 Å². The summed E-state index contributed by atoms with van der Waals surface area (Å²) in [5, 5.41) is 0. The van der Waals surface area contributed by atoms with Crippen molar-refractivity contribution in [1.82, 2.24) is 4.72 Å². The smallest absolute Gasteiger partial charge is 0.215 e. The van der Waals surface area contributed by atoms with E-state index in [0.29, 0.717) is 17.7 Å². The highest BCUT2D eigenvalue weighted by atomic mass is 32.2. The molecule has 1 aliphatic rings. The minimum absolute atomic E-state index is 0.0669. The Balaban J connectivity index is 1.90. The summed E-state index contributed by atoms with van der Waals surface area (Å²) >= 11 is 0. The predicted molar refractivity (Wildman–Crippen MR) is 78.2 cm³/mol. The molecule has 1 saturated heterocycles. The predicted octanol–water partition coefficient (Wildman–Crippen LogP) is 0.123. The Hall–Kier alpha value is -1.12. The Morgan fingerprint density at radius 1 is 1.25 bits per heavy atom. The molecule has 0 amide bonds. The molecular formula is C12H18N2O4S2. The molecule has 0 saturated carbocycles. The van der Waals surface area contributed by atoms with E-state index in [-0.39, 0.29) is 29.7 Å². The lowest BCUT2D eigenvalue weighted by atomic mass is 10.1. The van der Waals surface area contributed by atoms with Gasteiger partial charge >= 0.3 is 0 Å². The largest absolute Gasteiger partial charge is 0.399 e. The van der Waals surface area contributed by atoms with Crippen LogP contribution >= 0.6 is 0 Å². The molecule has 112 valence electrons. The van der Waals surface area contributed by atoms with Crippen molar-refractivity contribution in [3.63, 3.8) is 0 Å². The van der Waals surface area contributed by atoms with Gasteiger partial charge in [-0.15, -0.1) is 0 Å². The van der Waals surface area contributed by atoms with Crippen LogP contribution in [0.15, 0.2) is 24.3 Å². The van der Waals surface area contributed by atoms with Crippen LogP contribution in [0.5, 0.6) is 0 Å². The van der Waals surface area contributed by atoms with E-state index in [9.17, 15) is 16.8 Å². The highest BCUT2D eigenvalue weighted by Crippen LogP contribution is 2.18. The number of nitrogens with one attached hydrogen (secondary N) is 1. The minimum Gasteiger partial charge on any atom is -0.399 e. The van der Waals surface area contributed by atoms with Gasteiger partial charge in [0.05, 0.1) is 17.3 Å². The fourth-order valence-corrected chi connectivity index (χ4v) is 5.25. The molecule has 6 nitrogen and oxygen atoms in total. The maximum Gasteiger partial charge on any atom is 0.215 e. The van der Waals surface area contributed by atoms with E-state index in [2.05, 4.69) is 4.72 Å². The second-order valence-corrected chi connectivity index (χ2v) is 9.15. The highest BCUT2D eigenvalue weighted by molar-refractivity contribution is 7.91. The van der Waals surface area contributed by atoms with Crippen LogP contribution in [0.25, 0.3) is 0 Å². The van der Waals surface area contributed by atoms with Crippen LogP contribution in [0.2, 0.25) is 0 Å². The summed E-state index contributed by atoms with van der Waals surface area (Å²) in [7, 11) is -6.43. The van der Waals surface area contributed by atoms with Crippen molar-refractivity contribution in [2.75, 3.05) is 23.8 Å². The van der Waals surface area contributed by atoms with Crippen molar-refractivity contribution < 1.29 is 16.8 Å². The second kappa shape index (κ2) is 5.71. The molecule has 0 spiro atoms. The normalized spacial score (nSPS) is 21.9. The van der Waals surface area contributed by atoms with Gasteiger partial charge in [-0.25, -0.2) is 21.6 Å². The third-order valence-electron chi connectivity index (χ3n) is 3.26. The Kier molecular flexibility index (Phi) is 4.36. The fraction of sp³-hybridized carbons (Fsp3) is 0.500. The van der Waals surface area contributed by atoms with Crippen molar-refractivity contribution in [3.8, 4) is 0 Å². The van der Waals surface area contributed by atoms with E-state index in [1.807, 2.05) is 0 Å². The van der Waals surface area contributed by atoms with Crippen molar-refractivity contribution in [1.29, 1.82) is 0 Å². The van der Waals surface area contributed by atoms with Crippen LogP contribution in [0.4, 0.5) is 5.69 Å². The van der Waals surface area contributed by atoms with Crippen molar-refractivity contribution in [2.24, 2.45) is 5.92 Å². The molecule has 1 aromatic carbocycles. The molecule has 0 aliphatic carbocycles. The molecule has 2 rings (SSSR count). The number of sulfone groups is 1. The Morgan fingerprint density at radius 3 is 2.45 bits per heavy atom. The average molecular weight is 318 g/mol.